The van der Waals surface area contributed by atoms with Crippen LogP contribution in [0.25, 0.3) is 21.8 Å². The van der Waals surface area contributed by atoms with Crippen molar-refractivity contribution < 1.29 is 14.3 Å². The predicted molar refractivity (Wildman–Crippen MR) is 115 cm³/mol. The summed E-state index contributed by atoms with van der Waals surface area (Å²) in [6.07, 6.45) is 1.48. The van der Waals surface area contributed by atoms with Crippen molar-refractivity contribution in [1.82, 2.24) is 9.47 Å². The molecule has 4 rings (SSSR count). The molecule has 1 N–H and O–H groups in total. The molecule has 1 saturated heterocycles. The van der Waals surface area contributed by atoms with Crippen molar-refractivity contribution in [2.24, 2.45) is 5.92 Å². The lowest BCUT2D eigenvalue weighted by Crippen LogP contribution is -2.41. The maximum Gasteiger partial charge on any atom is 0.308 e. The molecule has 0 saturated carbocycles. The minimum atomic E-state index is -0.145. The van der Waals surface area contributed by atoms with E-state index in [1.54, 1.807) is 0 Å². The molecule has 2 heterocycles. The van der Waals surface area contributed by atoms with Gasteiger partial charge in [-0.1, -0.05) is 18.2 Å². The Bertz CT molecular complexity index is 1050. The fraction of sp³-hybridized carbons (Fsp3) is 0.391. The van der Waals surface area contributed by atoms with Crippen LogP contribution in [0.4, 0.5) is 5.69 Å². The number of benzene rings is 2. The van der Waals surface area contributed by atoms with Crippen LogP contribution < -0.4 is 5.32 Å². The van der Waals surface area contributed by atoms with Crippen LogP contribution in [0.15, 0.2) is 42.5 Å². The van der Waals surface area contributed by atoms with Gasteiger partial charge in [-0.3, -0.25) is 14.5 Å². The molecule has 6 nitrogen and oxygen atoms in total. The van der Waals surface area contributed by atoms with Gasteiger partial charge in [0.05, 0.1) is 19.6 Å². The summed E-state index contributed by atoms with van der Waals surface area (Å²) >= 11 is 0. The second-order valence-corrected chi connectivity index (χ2v) is 7.62. The number of fused-ring (bicyclic) bond motifs is 3. The third kappa shape index (κ3) is 3.85. The number of carbonyl (C=O) groups excluding carboxylic acids is 2. The molecule has 3 aromatic rings. The highest BCUT2D eigenvalue weighted by Crippen LogP contribution is 2.31. The van der Waals surface area contributed by atoms with Gasteiger partial charge < -0.3 is 14.6 Å². The maximum absolute atomic E-state index is 12.6. The van der Waals surface area contributed by atoms with Crippen LogP contribution in [0.5, 0.6) is 0 Å². The molecule has 1 aliphatic heterocycles. The molecule has 29 heavy (non-hydrogen) atoms. The van der Waals surface area contributed by atoms with Gasteiger partial charge in [-0.2, -0.15) is 0 Å². The molecular weight excluding hydrogens is 366 g/mol. The maximum atomic E-state index is 12.6. The first-order valence-corrected chi connectivity index (χ1v) is 10.2. The third-order valence-corrected chi connectivity index (χ3v) is 5.86. The topological polar surface area (TPSA) is 63.6 Å². The van der Waals surface area contributed by atoms with E-state index in [4.69, 9.17) is 4.74 Å². The average Bonchev–Trinajstić information content (AvgIpc) is 3.06. The minimum Gasteiger partial charge on any atom is -0.469 e. The first kappa shape index (κ1) is 19.5. The van der Waals surface area contributed by atoms with Crippen molar-refractivity contribution in [2.45, 2.75) is 26.3 Å². The Morgan fingerprint density at radius 2 is 1.79 bits per heavy atom. The van der Waals surface area contributed by atoms with E-state index in [2.05, 4.69) is 52.0 Å². The number of piperidine rings is 1. The molecule has 0 aliphatic carbocycles. The second-order valence-electron chi connectivity index (χ2n) is 7.62. The number of nitrogens with zero attached hydrogens (tertiary/aromatic N) is 2. The molecule has 1 amide bonds. The molecule has 6 heteroatoms. The van der Waals surface area contributed by atoms with Gasteiger partial charge in [0.2, 0.25) is 5.91 Å². The Labute approximate surface area is 170 Å². The van der Waals surface area contributed by atoms with Crippen LogP contribution in [0, 0.1) is 5.92 Å². The van der Waals surface area contributed by atoms with Gasteiger partial charge in [-0.25, -0.2) is 0 Å². The molecule has 2 aromatic carbocycles. The summed E-state index contributed by atoms with van der Waals surface area (Å²) in [5, 5.41) is 5.39. The van der Waals surface area contributed by atoms with Gasteiger partial charge >= 0.3 is 5.97 Å². The fourth-order valence-electron chi connectivity index (χ4n) is 4.37. The quantitative estimate of drug-likeness (QED) is 0.672. The molecular formula is C23H27N3O3. The normalized spacial score (nSPS) is 15.7. The smallest absolute Gasteiger partial charge is 0.308 e. The Hall–Kier alpha value is -2.86. The van der Waals surface area contributed by atoms with Crippen molar-refractivity contribution >= 4 is 39.4 Å². The van der Waals surface area contributed by atoms with E-state index in [-0.39, 0.29) is 17.8 Å². The number of hydrogen-bond acceptors (Lipinski definition) is 4. The van der Waals surface area contributed by atoms with Crippen molar-refractivity contribution in [3.05, 3.63) is 42.5 Å². The summed E-state index contributed by atoms with van der Waals surface area (Å²) in [6, 6.07) is 14.5. The summed E-state index contributed by atoms with van der Waals surface area (Å²) in [7, 11) is 1.43. The Morgan fingerprint density at radius 1 is 1.07 bits per heavy atom. The number of likely N-dealkylation sites (tertiary alicyclic amines) is 1. The van der Waals surface area contributed by atoms with Gasteiger partial charge in [0.15, 0.2) is 0 Å². The van der Waals surface area contributed by atoms with Crippen LogP contribution in [0.2, 0.25) is 0 Å². The van der Waals surface area contributed by atoms with Crippen molar-refractivity contribution in [3.8, 4) is 0 Å². The van der Waals surface area contributed by atoms with Crippen LogP contribution in [-0.4, -0.2) is 48.1 Å². The molecule has 1 aliphatic rings. The highest BCUT2D eigenvalue weighted by Gasteiger charge is 2.26. The van der Waals surface area contributed by atoms with E-state index >= 15 is 0 Å². The molecule has 152 valence electrons. The van der Waals surface area contributed by atoms with Crippen LogP contribution in [-0.2, 0) is 20.9 Å². The van der Waals surface area contributed by atoms with E-state index in [0.717, 1.165) is 43.5 Å². The van der Waals surface area contributed by atoms with Crippen LogP contribution in [0.1, 0.15) is 19.8 Å². The highest BCUT2D eigenvalue weighted by molar-refractivity contribution is 6.09. The molecule has 0 bridgehead atoms. The molecule has 1 aromatic heterocycles. The van der Waals surface area contributed by atoms with Gasteiger partial charge in [-0.15, -0.1) is 0 Å². The van der Waals surface area contributed by atoms with E-state index in [9.17, 15) is 9.59 Å². The lowest BCUT2D eigenvalue weighted by molar-refractivity contribution is -0.147. The van der Waals surface area contributed by atoms with Gasteiger partial charge in [0.1, 0.15) is 0 Å². The summed E-state index contributed by atoms with van der Waals surface area (Å²) < 4.78 is 7.12. The minimum absolute atomic E-state index is 0.0277. The standard InChI is InChI=1S/C23H27N3O3/c1-3-26-20-7-5-4-6-18(20)19-14-17(8-9-21(19)26)24-22(27)15-25-12-10-16(11-13-25)23(28)29-2/h4-9,14,16H,3,10-13,15H2,1-2H3,(H,24,27). The number of para-hydroxylation sites is 1. The number of aromatic nitrogens is 1. The Morgan fingerprint density at radius 3 is 2.52 bits per heavy atom. The average molecular weight is 393 g/mol. The monoisotopic (exact) mass is 393 g/mol. The zero-order chi connectivity index (χ0) is 20.4. The van der Waals surface area contributed by atoms with Gasteiger partial charge in [-0.05, 0) is 57.1 Å². The van der Waals surface area contributed by atoms with E-state index in [1.807, 2.05) is 12.1 Å². The summed E-state index contributed by atoms with van der Waals surface area (Å²) in [5.41, 5.74) is 3.20. The number of esters is 1. The van der Waals surface area contributed by atoms with E-state index in [1.165, 1.54) is 23.5 Å². The van der Waals surface area contributed by atoms with Gasteiger partial charge in [0.25, 0.3) is 0 Å². The Kier molecular flexibility index (Phi) is 5.53. The van der Waals surface area contributed by atoms with Crippen molar-refractivity contribution in [1.29, 1.82) is 0 Å². The number of anilines is 1. The molecule has 1 fully saturated rings. The number of amides is 1. The molecule has 0 unspecified atom stereocenters. The number of rotatable bonds is 5. The molecule has 0 atom stereocenters. The zero-order valence-electron chi connectivity index (χ0n) is 17.0. The number of aryl methyl sites for hydroxylation is 1. The lowest BCUT2D eigenvalue weighted by Gasteiger charge is -2.29. The summed E-state index contributed by atoms with van der Waals surface area (Å²) in [5.74, 6) is -0.216. The lowest BCUT2D eigenvalue weighted by atomic mass is 9.97. The number of ether oxygens (including phenoxy) is 1. The van der Waals surface area contributed by atoms with Crippen molar-refractivity contribution in [2.75, 3.05) is 32.1 Å². The SMILES string of the molecule is CCn1c2ccccc2c2cc(NC(=O)CN3CCC(C(=O)OC)CC3)ccc21. The van der Waals surface area contributed by atoms with Crippen molar-refractivity contribution in [3.63, 3.8) is 0 Å². The largest absolute Gasteiger partial charge is 0.469 e. The number of hydrogen-bond donors (Lipinski definition) is 1. The third-order valence-electron chi connectivity index (χ3n) is 5.86. The second kappa shape index (κ2) is 8.25. The first-order chi connectivity index (χ1) is 14.1. The van der Waals surface area contributed by atoms with Gasteiger partial charge in [0, 0.05) is 34.0 Å². The zero-order valence-corrected chi connectivity index (χ0v) is 17.0. The molecule has 0 spiro atoms. The predicted octanol–water partition coefficient (Wildman–Crippen LogP) is 3.64. The number of nitrogens with one attached hydrogen (secondary N) is 1. The fourth-order valence-corrected chi connectivity index (χ4v) is 4.37. The molecule has 0 radical (unpaired) electrons. The van der Waals surface area contributed by atoms with Crippen LogP contribution >= 0.6 is 0 Å². The van der Waals surface area contributed by atoms with E-state index < -0.39 is 0 Å². The summed E-state index contributed by atoms with van der Waals surface area (Å²) in [4.78, 5) is 26.3. The number of carbonyl (C=O) groups is 2. The number of methoxy groups -OCH3 is 1. The Balaban J connectivity index is 1.45. The first-order valence-electron chi connectivity index (χ1n) is 10.2. The van der Waals surface area contributed by atoms with Crippen LogP contribution in [0.3, 0.4) is 0 Å². The van der Waals surface area contributed by atoms with E-state index in [0.29, 0.717) is 6.54 Å². The highest BCUT2D eigenvalue weighted by atomic mass is 16.5. The summed E-state index contributed by atoms with van der Waals surface area (Å²) in [6.45, 7) is 4.84.